The lowest BCUT2D eigenvalue weighted by atomic mass is 10.2. The van der Waals surface area contributed by atoms with E-state index in [1.165, 1.54) is 4.57 Å². The lowest BCUT2D eigenvalue weighted by molar-refractivity contribution is 0.231. The van der Waals surface area contributed by atoms with Crippen molar-refractivity contribution in [2.24, 2.45) is 5.92 Å². The number of hydrogen-bond donors (Lipinski definition) is 1. The zero-order valence-corrected chi connectivity index (χ0v) is 9.80. The van der Waals surface area contributed by atoms with E-state index >= 15 is 0 Å². The molecule has 1 unspecified atom stereocenters. The van der Waals surface area contributed by atoms with Crippen LogP contribution in [0.15, 0.2) is 23.1 Å². The lowest BCUT2D eigenvalue weighted by Gasteiger charge is -2.09. The van der Waals surface area contributed by atoms with Gasteiger partial charge in [-0.05, 0) is 19.1 Å². The average Bonchev–Trinajstić information content (AvgIpc) is 2.34. The van der Waals surface area contributed by atoms with E-state index in [-0.39, 0.29) is 23.8 Å². The average molecular weight is 236 g/mol. The van der Waals surface area contributed by atoms with Gasteiger partial charge in [-0.1, -0.05) is 0 Å². The van der Waals surface area contributed by atoms with Gasteiger partial charge in [-0.25, -0.2) is 0 Å². The molecule has 0 bridgehead atoms. The molecule has 1 N–H and O–H groups in total. The maximum Gasteiger partial charge on any atom is 0.292 e. The van der Waals surface area contributed by atoms with E-state index < -0.39 is 0 Å². The number of ether oxygens (including phenoxy) is 1. The van der Waals surface area contributed by atoms with Crippen LogP contribution in [0.2, 0.25) is 0 Å². The minimum atomic E-state index is -0.243. The van der Waals surface area contributed by atoms with Crippen molar-refractivity contribution in [1.29, 1.82) is 5.26 Å². The van der Waals surface area contributed by atoms with Crippen molar-refractivity contribution in [3.8, 4) is 11.8 Å². The fraction of sp³-hybridized carbons (Fsp3) is 0.500. The van der Waals surface area contributed by atoms with Crippen molar-refractivity contribution in [3.05, 3.63) is 28.7 Å². The molecule has 0 saturated carbocycles. The molecule has 1 atom stereocenters. The van der Waals surface area contributed by atoms with E-state index in [1.54, 1.807) is 25.3 Å². The van der Waals surface area contributed by atoms with Crippen LogP contribution < -0.4 is 10.3 Å². The molecule has 0 aliphatic heterocycles. The van der Waals surface area contributed by atoms with E-state index in [2.05, 4.69) is 6.07 Å². The first-order chi connectivity index (χ1) is 8.19. The van der Waals surface area contributed by atoms with Crippen molar-refractivity contribution in [2.75, 3.05) is 13.2 Å². The SMILES string of the molecule is CC(C#N)Cn1cccc(OCCCO)c1=O. The summed E-state index contributed by atoms with van der Waals surface area (Å²) in [6.45, 7) is 2.45. The Kier molecular flexibility index (Phi) is 5.24. The van der Waals surface area contributed by atoms with Gasteiger partial charge >= 0.3 is 0 Å². The highest BCUT2D eigenvalue weighted by atomic mass is 16.5. The molecule has 0 aromatic carbocycles. The van der Waals surface area contributed by atoms with E-state index in [1.807, 2.05) is 0 Å². The van der Waals surface area contributed by atoms with Crippen LogP contribution >= 0.6 is 0 Å². The number of hydrogen-bond acceptors (Lipinski definition) is 4. The molecule has 0 aliphatic carbocycles. The molecule has 0 spiro atoms. The largest absolute Gasteiger partial charge is 0.488 e. The predicted molar refractivity (Wildman–Crippen MR) is 62.7 cm³/mol. The number of nitrogens with zero attached hydrogens (tertiary/aromatic N) is 2. The summed E-state index contributed by atoms with van der Waals surface area (Å²) in [6.07, 6.45) is 2.12. The van der Waals surface area contributed by atoms with Gasteiger partial charge in [0.25, 0.3) is 5.56 Å². The summed E-state index contributed by atoms with van der Waals surface area (Å²) in [5.41, 5.74) is -0.243. The second-order valence-electron chi connectivity index (χ2n) is 3.79. The Bertz CT molecular complexity index is 448. The van der Waals surface area contributed by atoms with Crippen LogP contribution in [-0.4, -0.2) is 22.9 Å². The maximum absolute atomic E-state index is 11.9. The topological polar surface area (TPSA) is 75.2 Å². The molecular weight excluding hydrogens is 220 g/mol. The van der Waals surface area contributed by atoms with E-state index in [4.69, 9.17) is 15.1 Å². The number of rotatable bonds is 6. The summed E-state index contributed by atoms with van der Waals surface area (Å²) in [5.74, 6) is 0.0338. The summed E-state index contributed by atoms with van der Waals surface area (Å²) < 4.78 is 6.72. The first-order valence-electron chi connectivity index (χ1n) is 5.51. The van der Waals surface area contributed by atoms with Crippen molar-refractivity contribution in [3.63, 3.8) is 0 Å². The molecule has 1 aromatic heterocycles. The second-order valence-corrected chi connectivity index (χ2v) is 3.79. The van der Waals surface area contributed by atoms with Crippen LogP contribution in [-0.2, 0) is 6.54 Å². The van der Waals surface area contributed by atoms with Gasteiger partial charge in [-0.15, -0.1) is 0 Å². The Hall–Kier alpha value is -1.80. The Morgan fingerprint density at radius 3 is 3.06 bits per heavy atom. The molecule has 0 radical (unpaired) electrons. The van der Waals surface area contributed by atoms with Crippen LogP contribution in [0.3, 0.4) is 0 Å². The molecule has 1 rings (SSSR count). The van der Waals surface area contributed by atoms with E-state index in [0.29, 0.717) is 19.6 Å². The molecule has 0 aliphatic rings. The number of nitriles is 1. The Morgan fingerprint density at radius 2 is 2.41 bits per heavy atom. The normalized spacial score (nSPS) is 11.8. The molecule has 92 valence electrons. The van der Waals surface area contributed by atoms with Gasteiger partial charge in [0.05, 0.1) is 18.6 Å². The summed E-state index contributed by atoms with van der Waals surface area (Å²) in [5, 5.41) is 17.3. The molecule has 0 fully saturated rings. The molecule has 17 heavy (non-hydrogen) atoms. The summed E-state index contributed by atoms with van der Waals surface area (Å²) in [7, 11) is 0. The van der Waals surface area contributed by atoms with Gasteiger partial charge in [-0.3, -0.25) is 4.79 Å². The van der Waals surface area contributed by atoms with Crippen molar-refractivity contribution >= 4 is 0 Å². The van der Waals surface area contributed by atoms with Crippen LogP contribution in [0.4, 0.5) is 0 Å². The number of aromatic nitrogens is 1. The van der Waals surface area contributed by atoms with Gasteiger partial charge in [0.2, 0.25) is 0 Å². The highest BCUT2D eigenvalue weighted by Crippen LogP contribution is 2.04. The fourth-order valence-electron chi connectivity index (χ4n) is 1.35. The third kappa shape index (κ3) is 3.93. The highest BCUT2D eigenvalue weighted by Gasteiger charge is 2.07. The van der Waals surface area contributed by atoms with Crippen LogP contribution in [0.25, 0.3) is 0 Å². The molecular formula is C12H16N2O3. The number of aliphatic hydroxyl groups excluding tert-OH is 1. The minimum absolute atomic E-state index is 0.0342. The van der Waals surface area contributed by atoms with Gasteiger partial charge < -0.3 is 14.4 Å². The Balaban J connectivity index is 2.77. The van der Waals surface area contributed by atoms with Gasteiger partial charge in [0.15, 0.2) is 5.75 Å². The summed E-state index contributed by atoms with van der Waals surface area (Å²) >= 11 is 0. The first kappa shape index (κ1) is 13.3. The van der Waals surface area contributed by atoms with Crippen molar-refractivity contribution in [1.82, 2.24) is 4.57 Å². The zero-order chi connectivity index (χ0) is 12.7. The minimum Gasteiger partial charge on any atom is -0.488 e. The number of aliphatic hydroxyl groups is 1. The molecule has 1 aromatic rings. The van der Waals surface area contributed by atoms with Crippen LogP contribution in [0, 0.1) is 17.2 Å². The zero-order valence-electron chi connectivity index (χ0n) is 9.80. The maximum atomic E-state index is 11.9. The van der Waals surface area contributed by atoms with Gasteiger partial charge in [-0.2, -0.15) is 5.26 Å². The molecule has 5 heteroatoms. The fourth-order valence-corrected chi connectivity index (χ4v) is 1.35. The second kappa shape index (κ2) is 6.71. The van der Waals surface area contributed by atoms with Crippen molar-refractivity contribution in [2.45, 2.75) is 19.9 Å². The molecule has 5 nitrogen and oxygen atoms in total. The third-order valence-corrected chi connectivity index (χ3v) is 2.24. The quantitative estimate of drug-likeness (QED) is 0.740. The summed E-state index contributed by atoms with van der Waals surface area (Å²) in [6, 6.07) is 5.38. The Labute approximate surface area is 99.9 Å². The van der Waals surface area contributed by atoms with Crippen LogP contribution in [0.5, 0.6) is 5.75 Å². The van der Waals surface area contributed by atoms with E-state index in [0.717, 1.165) is 0 Å². The van der Waals surface area contributed by atoms with Gasteiger partial charge in [0.1, 0.15) is 0 Å². The number of pyridine rings is 1. The molecule has 0 amide bonds. The monoisotopic (exact) mass is 236 g/mol. The molecule has 0 saturated heterocycles. The Morgan fingerprint density at radius 1 is 1.65 bits per heavy atom. The van der Waals surface area contributed by atoms with Gasteiger partial charge in [0, 0.05) is 25.8 Å². The summed E-state index contributed by atoms with van der Waals surface area (Å²) in [4.78, 5) is 11.9. The van der Waals surface area contributed by atoms with E-state index in [9.17, 15) is 4.79 Å². The smallest absolute Gasteiger partial charge is 0.292 e. The highest BCUT2D eigenvalue weighted by molar-refractivity contribution is 5.17. The third-order valence-electron chi connectivity index (χ3n) is 2.24. The molecule has 1 heterocycles. The predicted octanol–water partition coefficient (Wildman–Crippen LogP) is 0.769. The van der Waals surface area contributed by atoms with Crippen molar-refractivity contribution < 1.29 is 9.84 Å². The standard InChI is InChI=1S/C12H16N2O3/c1-10(8-13)9-14-5-2-4-11(12(14)16)17-7-3-6-15/h2,4-5,10,15H,3,6-7,9H2,1H3. The lowest BCUT2D eigenvalue weighted by Crippen LogP contribution is -2.23. The first-order valence-corrected chi connectivity index (χ1v) is 5.51. The van der Waals surface area contributed by atoms with Crippen LogP contribution in [0.1, 0.15) is 13.3 Å².